The van der Waals surface area contributed by atoms with Crippen LogP contribution < -0.4 is 14.8 Å². The molecule has 0 aliphatic carbocycles. The summed E-state index contributed by atoms with van der Waals surface area (Å²) < 4.78 is 11.0. The molecule has 2 aromatic rings. The number of nitrogens with zero attached hydrogens (tertiary/aromatic N) is 3. The smallest absolute Gasteiger partial charge is 0.317 e. The Balaban J connectivity index is 1.45. The number of nitrogens with one attached hydrogen (secondary N) is 1. The molecule has 1 aliphatic rings. The van der Waals surface area contributed by atoms with Gasteiger partial charge in [-0.15, -0.1) is 0 Å². The third-order valence-corrected chi connectivity index (χ3v) is 4.07. The number of aromatic nitrogens is 2. The number of rotatable bonds is 6. The Morgan fingerprint density at radius 2 is 2.00 bits per heavy atom. The van der Waals surface area contributed by atoms with E-state index in [2.05, 4.69) is 27.4 Å². The van der Waals surface area contributed by atoms with Crippen molar-refractivity contribution in [3.63, 3.8) is 0 Å². The summed E-state index contributed by atoms with van der Waals surface area (Å²) in [7, 11) is 1.53. The minimum Gasteiger partial charge on any atom is -0.477 e. The number of amides is 2. The lowest BCUT2D eigenvalue weighted by Gasteiger charge is -2.18. The second kappa shape index (κ2) is 8.32. The van der Waals surface area contributed by atoms with Crippen LogP contribution in [-0.2, 0) is 6.42 Å². The topological polar surface area (TPSA) is 76.6 Å². The Labute approximate surface area is 147 Å². The Hall–Kier alpha value is -2.83. The fourth-order valence-corrected chi connectivity index (χ4v) is 2.77. The van der Waals surface area contributed by atoms with Gasteiger partial charge in [0.05, 0.1) is 13.7 Å². The molecule has 0 spiro atoms. The van der Waals surface area contributed by atoms with Crippen LogP contribution in [0, 0.1) is 0 Å². The number of likely N-dealkylation sites (tertiary alicyclic amines) is 1. The Bertz CT molecular complexity index is 696. The van der Waals surface area contributed by atoms with Gasteiger partial charge in [-0.1, -0.05) is 30.3 Å². The van der Waals surface area contributed by atoms with E-state index in [4.69, 9.17) is 9.47 Å². The molecule has 132 valence electrons. The molecule has 3 rings (SSSR count). The first-order chi connectivity index (χ1) is 12.3. The number of benzene rings is 1. The second-order valence-corrected chi connectivity index (χ2v) is 5.81. The lowest BCUT2D eigenvalue weighted by atomic mass is 10.1. The highest BCUT2D eigenvalue weighted by Crippen LogP contribution is 2.23. The summed E-state index contributed by atoms with van der Waals surface area (Å²) in [6.45, 7) is 1.80. The van der Waals surface area contributed by atoms with Gasteiger partial charge in [0.2, 0.25) is 0 Å². The molecular formula is C18H22N4O3. The quantitative estimate of drug-likeness (QED) is 0.867. The molecule has 1 unspecified atom stereocenters. The average Bonchev–Trinajstić information content (AvgIpc) is 3.12. The lowest BCUT2D eigenvalue weighted by Crippen LogP contribution is -2.40. The standard InChI is InChI=1S/C18H22N4O3/c1-24-16-17(20-11-10-19-16)25-15-8-12-22(13-15)18(23)21-9-7-14-5-3-2-4-6-14/h2-6,10-11,15H,7-9,12-13H2,1H3,(H,21,23). The van der Waals surface area contributed by atoms with E-state index in [0.29, 0.717) is 31.4 Å². The maximum absolute atomic E-state index is 12.3. The fourth-order valence-electron chi connectivity index (χ4n) is 2.77. The summed E-state index contributed by atoms with van der Waals surface area (Å²) >= 11 is 0. The van der Waals surface area contributed by atoms with E-state index in [1.165, 1.54) is 12.7 Å². The van der Waals surface area contributed by atoms with Crippen molar-refractivity contribution < 1.29 is 14.3 Å². The van der Waals surface area contributed by atoms with Crippen LogP contribution in [0.1, 0.15) is 12.0 Å². The number of carbonyl (C=O) groups excluding carboxylic acids is 1. The van der Waals surface area contributed by atoms with Crippen LogP contribution in [0.15, 0.2) is 42.7 Å². The van der Waals surface area contributed by atoms with Gasteiger partial charge in [0.1, 0.15) is 6.10 Å². The number of urea groups is 1. The number of hydrogen-bond acceptors (Lipinski definition) is 5. The van der Waals surface area contributed by atoms with E-state index >= 15 is 0 Å². The Kier molecular flexibility index (Phi) is 5.66. The maximum atomic E-state index is 12.3. The summed E-state index contributed by atoms with van der Waals surface area (Å²) in [5.74, 6) is 0.717. The van der Waals surface area contributed by atoms with E-state index in [0.717, 1.165) is 12.8 Å². The van der Waals surface area contributed by atoms with Crippen molar-refractivity contribution >= 4 is 6.03 Å². The molecule has 1 N–H and O–H groups in total. The molecule has 2 amide bonds. The first-order valence-corrected chi connectivity index (χ1v) is 8.34. The molecule has 0 saturated carbocycles. The average molecular weight is 342 g/mol. The van der Waals surface area contributed by atoms with E-state index < -0.39 is 0 Å². The zero-order chi connectivity index (χ0) is 17.5. The molecule has 1 aliphatic heterocycles. The largest absolute Gasteiger partial charge is 0.477 e. The molecule has 1 atom stereocenters. The van der Waals surface area contributed by atoms with Crippen LogP contribution in [0.25, 0.3) is 0 Å². The van der Waals surface area contributed by atoms with Gasteiger partial charge in [-0.25, -0.2) is 14.8 Å². The fraction of sp³-hybridized carbons (Fsp3) is 0.389. The SMILES string of the molecule is COc1nccnc1OC1CCN(C(=O)NCCc2ccccc2)C1. The van der Waals surface area contributed by atoms with Crippen molar-refractivity contribution in [1.29, 1.82) is 0 Å². The highest BCUT2D eigenvalue weighted by atomic mass is 16.5. The van der Waals surface area contributed by atoms with Crippen molar-refractivity contribution in [3.05, 3.63) is 48.3 Å². The van der Waals surface area contributed by atoms with Gasteiger partial charge in [0, 0.05) is 31.9 Å². The van der Waals surface area contributed by atoms with Gasteiger partial charge in [0.25, 0.3) is 11.8 Å². The first-order valence-electron chi connectivity index (χ1n) is 8.34. The molecule has 7 nitrogen and oxygen atoms in total. The zero-order valence-electron chi connectivity index (χ0n) is 14.2. The van der Waals surface area contributed by atoms with Crippen LogP contribution in [0.5, 0.6) is 11.8 Å². The summed E-state index contributed by atoms with van der Waals surface area (Å²) in [5.41, 5.74) is 1.21. The second-order valence-electron chi connectivity index (χ2n) is 5.81. The summed E-state index contributed by atoms with van der Waals surface area (Å²) in [4.78, 5) is 22.2. The van der Waals surface area contributed by atoms with Crippen LogP contribution in [0.3, 0.4) is 0 Å². The van der Waals surface area contributed by atoms with Gasteiger partial charge in [-0.3, -0.25) is 0 Å². The van der Waals surface area contributed by atoms with Gasteiger partial charge < -0.3 is 19.7 Å². The van der Waals surface area contributed by atoms with Gasteiger partial charge in [-0.2, -0.15) is 0 Å². The zero-order valence-corrected chi connectivity index (χ0v) is 14.2. The molecule has 0 bridgehead atoms. The van der Waals surface area contributed by atoms with Gasteiger partial charge in [0.15, 0.2) is 0 Å². The number of methoxy groups -OCH3 is 1. The van der Waals surface area contributed by atoms with Gasteiger partial charge in [-0.05, 0) is 12.0 Å². The van der Waals surface area contributed by atoms with E-state index in [1.54, 1.807) is 17.3 Å². The lowest BCUT2D eigenvalue weighted by molar-refractivity contribution is 0.177. The molecule has 25 heavy (non-hydrogen) atoms. The summed E-state index contributed by atoms with van der Waals surface area (Å²) in [6.07, 6.45) is 4.57. The predicted molar refractivity (Wildman–Crippen MR) is 92.7 cm³/mol. The van der Waals surface area contributed by atoms with Crippen molar-refractivity contribution in [1.82, 2.24) is 20.2 Å². The molecule has 1 aromatic heterocycles. The highest BCUT2D eigenvalue weighted by molar-refractivity contribution is 5.74. The Morgan fingerprint density at radius 1 is 1.24 bits per heavy atom. The van der Waals surface area contributed by atoms with Crippen molar-refractivity contribution in [2.24, 2.45) is 0 Å². The summed E-state index contributed by atoms with van der Waals surface area (Å²) in [5, 5.41) is 2.96. The monoisotopic (exact) mass is 342 g/mol. The predicted octanol–water partition coefficient (Wildman–Crippen LogP) is 1.89. The van der Waals surface area contributed by atoms with Crippen molar-refractivity contribution in [2.75, 3.05) is 26.7 Å². The van der Waals surface area contributed by atoms with Crippen LogP contribution in [-0.4, -0.2) is 53.7 Å². The Morgan fingerprint density at radius 3 is 2.76 bits per heavy atom. The van der Waals surface area contributed by atoms with Crippen LogP contribution >= 0.6 is 0 Å². The molecular weight excluding hydrogens is 320 g/mol. The minimum atomic E-state index is -0.106. The highest BCUT2D eigenvalue weighted by Gasteiger charge is 2.28. The number of ether oxygens (including phenoxy) is 2. The van der Waals surface area contributed by atoms with Crippen molar-refractivity contribution in [3.8, 4) is 11.8 Å². The van der Waals surface area contributed by atoms with Crippen LogP contribution in [0.2, 0.25) is 0 Å². The summed E-state index contributed by atoms with van der Waals surface area (Å²) in [6, 6.07) is 10.0. The minimum absolute atomic E-state index is 0.0619. The maximum Gasteiger partial charge on any atom is 0.317 e. The third-order valence-electron chi connectivity index (χ3n) is 4.07. The molecule has 2 heterocycles. The molecule has 0 radical (unpaired) electrons. The van der Waals surface area contributed by atoms with E-state index in [9.17, 15) is 4.79 Å². The van der Waals surface area contributed by atoms with Crippen molar-refractivity contribution in [2.45, 2.75) is 18.9 Å². The van der Waals surface area contributed by atoms with E-state index in [-0.39, 0.29) is 12.1 Å². The molecule has 7 heteroatoms. The number of hydrogen-bond donors (Lipinski definition) is 1. The normalized spacial score (nSPS) is 16.5. The molecule has 1 fully saturated rings. The molecule has 1 saturated heterocycles. The molecule has 1 aromatic carbocycles. The first kappa shape index (κ1) is 17.0. The van der Waals surface area contributed by atoms with Crippen LogP contribution in [0.4, 0.5) is 4.79 Å². The number of carbonyl (C=O) groups is 1. The van der Waals surface area contributed by atoms with E-state index in [1.807, 2.05) is 18.2 Å². The van der Waals surface area contributed by atoms with Gasteiger partial charge >= 0.3 is 6.03 Å². The third kappa shape index (κ3) is 4.59.